The summed E-state index contributed by atoms with van der Waals surface area (Å²) in [6, 6.07) is 7.18. The van der Waals surface area contributed by atoms with Gasteiger partial charge in [-0.05, 0) is 61.6 Å². The summed E-state index contributed by atoms with van der Waals surface area (Å²) < 4.78 is 89.9. The van der Waals surface area contributed by atoms with E-state index in [0.29, 0.717) is 31.2 Å². The number of hydrogen-bond donors (Lipinski definition) is 3. The van der Waals surface area contributed by atoms with Crippen molar-refractivity contribution >= 4 is 18.4 Å². The van der Waals surface area contributed by atoms with Gasteiger partial charge in [-0.25, -0.2) is 0 Å². The van der Waals surface area contributed by atoms with Crippen molar-refractivity contribution in [3.63, 3.8) is 0 Å². The fraction of sp³-hybridized carbons (Fsp3) is 0.400. The maximum absolute atomic E-state index is 13.8. The molecular weight excluding hydrogens is 568 g/mol. The van der Waals surface area contributed by atoms with Crippen molar-refractivity contribution in [3.05, 3.63) is 65.0 Å². The largest absolute Gasteiger partial charge is 0.493 e. The zero-order valence-electron chi connectivity index (χ0n) is 20.8. The number of unbranched alkanes of at least 4 members (excludes halogenated alkanes) is 1. The van der Waals surface area contributed by atoms with Crippen LogP contribution >= 0.6 is 12.4 Å². The third-order valence-corrected chi connectivity index (χ3v) is 6.31. The lowest BCUT2D eigenvalue weighted by Crippen LogP contribution is -2.37. The van der Waals surface area contributed by atoms with Crippen molar-refractivity contribution < 1.29 is 40.7 Å². The Morgan fingerprint density at radius 3 is 2.40 bits per heavy atom. The van der Waals surface area contributed by atoms with Crippen molar-refractivity contribution in [2.24, 2.45) is 5.73 Å². The Labute approximate surface area is 231 Å². The molecule has 0 amide bonds. The Balaban J connectivity index is 0.00000441. The molecular formula is C25H26ClF6N5O3. The number of aryl methyl sites for hydroxylation is 1. The second-order valence-electron chi connectivity index (χ2n) is 9.04. The van der Waals surface area contributed by atoms with Crippen LogP contribution in [-0.4, -0.2) is 45.4 Å². The molecule has 1 fully saturated rings. The smallest absolute Gasteiger partial charge is 0.419 e. The Kier molecular flexibility index (Phi) is 9.56. The van der Waals surface area contributed by atoms with Crippen molar-refractivity contribution in [2.45, 2.75) is 50.2 Å². The molecule has 218 valence electrons. The SMILES string of the molecule is Cl.N=C(N)N1CC[C@H](O)[C@H]1c1nc(-c2ccc(OCCCCc3ccc(C(F)(F)F)cc3)c(C(F)(F)F)c2)no1. The van der Waals surface area contributed by atoms with E-state index in [0.717, 1.165) is 24.3 Å². The normalized spacial score (nSPS) is 17.5. The van der Waals surface area contributed by atoms with E-state index in [1.54, 1.807) is 0 Å². The molecule has 15 heteroatoms. The number of aliphatic hydroxyl groups excluding tert-OH is 1. The van der Waals surface area contributed by atoms with E-state index in [2.05, 4.69) is 10.1 Å². The number of benzene rings is 2. The monoisotopic (exact) mass is 593 g/mol. The van der Waals surface area contributed by atoms with E-state index >= 15 is 0 Å². The lowest BCUT2D eigenvalue weighted by Gasteiger charge is -2.22. The van der Waals surface area contributed by atoms with E-state index in [1.807, 2.05) is 0 Å². The van der Waals surface area contributed by atoms with Crippen molar-refractivity contribution in [3.8, 4) is 17.1 Å². The summed E-state index contributed by atoms with van der Waals surface area (Å²) in [6.45, 7) is 0.253. The zero-order chi connectivity index (χ0) is 28.4. The molecule has 0 unspecified atom stereocenters. The molecule has 1 aromatic heterocycles. The van der Waals surface area contributed by atoms with E-state index in [4.69, 9.17) is 20.4 Å². The number of rotatable bonds is 8. The first kappa shape index (κ1) is 31.0. The molecule has 0 aliphatic carbocycles. The first-order valence-corrected chi connectivity index (χ1v) is 12.0. The van der Waals surface area contributed by atoms with E-state index in [9.17, 15) is 31.4 Å². The predicted molar refractivity (Wildman–Crippen MR) is 134 cm³/mol. The van der Waals surface area contributed by atoms with E-state index in [1.165, 1.54) is 23.1 Å². The molecule has 1 saturated heterocycles. The van der Waals surface area contributed by atoms with Gasteiger partial charge in [-0.3, -0.25) is 5.41 Å². The fourth-order valence-corrected chi connectivity index (χ4v) is 4.31. The summed E-state index contributed by atoms with van der Waals surface area (Å²) in [5, 5.41) is 21.6. The number of likely N-dealkylation sites (tertiary alicyclic amines) is 1. The summed E-state index contributed by atoms with van der Waals surface area (Å²) in [7, 11) is 0. The van der Waals surface area contributed by atoms with Crippen LogP contribution in [0.25, 0.3) is 11.4 Å². The molecule has 1 aliphatic heterocycles. The second kappa shape index (κ2) is 12.3. The maximum Gasteiger partial charge on any atom is 0.419 e. The Bertz CT molecular complexity index is 1300. The predicted octanol–water partition coefficient (Wildman–Crippen LogP) is 5.60. The molecule has 0 spiro atoms. The molecule has 1 aliphatic rings. The van der Waals surface area contributed by atoms with Gasteiger partial charge in [0.25, 0.3) is 5.89 Å². The summed E-state index contributed by atoms with van der Waals surface area (Å²) in [6.07, 6.45) is -8.47. The lowest BCUT2D eigenvalue weighted by atomic mass is 10.1. The number of nitrogens with zero attached hydrogens (tertiary/aromatic N) is 3. The minimum absolute atomic E-state index is 0. The second-order valence-corrected chi connectivity index (χ2v) is 9.04. The van der Waals surface area contributed by atoms with Gasteiger partial charge in [-0.1, -0.05) is 17.3 Å². The number of ether oxygens (including phenoxy) is 1. The molecule has 0 saturated carbocycles. The van der Waals surface area contributed by atoms with Gasteiger partial charge in [0.2, 0.25) is 5.82 Å². The zero-order valence-corrected chi connectivity index (χ0v) is 21.6. The molecule has 2 aromatic carbocycles. The van der Waals surface area contributed by atoms with Gasteiger partial charge in [0.15, 0.2) is 5.96 Å². The van der Waals surface area contributed by atoms with Crippen LogP contribution in [0, 0.1) is 5.41 Å². The number of guanidine groups is 1. The number of nitrogens with one attached hydrogen (secondary N) is 1. The van der Waals surface area contributed by atoms with Crippen LogP contribution in [-0.2, 0) is 18.8 Å². The van der Waals surface area contributed by atoms with Crippen molar-refractivity contribution in [1.82, 2.24) is 15.0 Å². The minimum atomic E-state index is -4.74. The van der Waals surface area contributed by atoms with Crippen LogP contribution in [0.4, 0.5) is 26.3 Å². The van der Waals surface area contributed by atoms with Crippen molar-refractivity contribution in [2.75, 3.05) is 13.2 Å². The summed E-state index contributed by atoms with van der Waals surface area (Å²) in [5.74, 6) is -0.914. The van der Waals surface area contributed by atoms with Gasteiger partial charge in [-0.2, -0.15) is 31.3 Å². The Morgan fingerprint density at radius 2 is 1.77 bits per heavy atom. The number of halogens is 7. The van der Waals surface area contributed by atoms with Crippen LogP contribution in [0.1, 0.15) is 47.9 Å². The van der Waals surface area contributed by atoms with Crippen LogP contribution in [0.3, 0.4) is 0 Å². The fourth-order valence-electron chi connectivity index (χ4n) is 4.31. The van der Waals surface area contributed by atoms with Gasteiger partial charge in [0.05, 0.1) is 23.8 Å². The summed E-state index contributed by atoms with van der Waals surface area (Å²) >= 11 is 0. The molecule has 2 heterocycles. The van der Waals surface area contributed by atoms with Crippen LogP contribution < -0.4 is 10.5 Å². The summed E-state index contributed by atoms with van der Waals surface area (Å²) in [5.41, 5.74) is 4.43. The number of aromatic nitrogens is 2. The third kappa shape index (κ3) is 7.16. The minimum Gasteiger partial charge on any atom is -0.493 e. The number of hydrogen-bond acceptors (Lipinski definition) is 6. The topological polar surface area (TPSA) is 121 Å². The highest BCUT2D eigenvalue weighted by molar-refractivity contribution is 5.85. The average Bonchev–Trinajstić information content (AvgIpc) is 3.50. The van der Waals surface area contributed by atoms with Gasteiger partial charge in [0.1, 0.15) is 11.8 Å². The summed E-state index contributed by atoms with van der Waals surface area (Å²) in [4.78, 5) is 5.49. The molecule has 40 heavy (non-hydrogen) atoms. The highest BCUT2D eigenvalue weighted by Crippen LogP contribution is 2.39. The van der Waals surface area contributed by atoms with Crippen molar-refractivity contribution in [1.29, 1.82) is 5.41 Å². The Morgan fingerprint density at radius 1 is 1.07 bits per heavy atom. The number of nitrogens with two attached hydrogens (primary N) is 1. The number of aliphatic hydroxyl groups is 1. The maximum atomic E-state index is 13.8. The average molecular weight is 594 g/mol. The lowest BCUT2D eigenvalue weighted by molar-refractivity contribution is -0.139. The van der Waals surface area contributed by atoms with Crippen LogP contribution in [0.5, 0.6) is 5.75 Å². The first-order chi connectivity index (χ1) is 18.3. The van der Waals surface area contributed by atoms with Gasteiger partial charge in [0, 0.05) is 12.1 Å². The van der Waals surface area contributed by atoms with Gasteiger partial charge in [-0.15, -0.1) is 12.4 Å². The van der Waals surface area contributed by atoms with Crippen LogP contribution in [0.2, 0.25) is 0 Å². The standard InChI is InChI=1S/C25H25F6N5O3.ClH/c26-24(27,28)16-7-4-14(5-8-16)3-1-2-12-38-19-9-6-15(13-17(19)25(29,30)31)21-34-22(39-35-21)20-18(37)10-11-36(20)23(32)33;/h4-9,13,18,20,37H,1-3,10-12H2,(H3,32,33);1H/t18-,20-;/m0./s1. The molecule has 2 atom stereocenters. The highest BCUT2D eigenvalue weighted by Gasteiger charge is 2.40. The molecule has 0 radical (unpaired) electrons. The molecule has 4 N–H and O–H groups in total. The molecule has 3 aromatic rings. The first-order valence-electron chi connectivity index (χ1n) is 12.0. The molecule has 8 nitrogen and oxygen atoms in total. The quantitative estimate of drug-likeness (QED) is 0.135. The molecule has 0 bridgehead atoms. The number of alkyl halides is 6. The molecule has 4 rings (SSSR count). The van der Waals surface area contributed by atoms with Gasteiger partial charge < -0.3 is 25.0 Å². The van der Waals surface area contributed by atoms with Gasteiger partial charge >= 0.3 is 12.4 Å². The highest BCUT2D eigenvalue weighted by atomic mass is 35.5. The van der Waals surface area contributed by atoms with E-state index in [-0.39, 0.29) is 48.8 Å². The van der Waals surface area contributed by atoms with Crippen LogP contribution in [0.15, 0.2) is 47.0 Å². The van der Waals surface area contributed by atoms with E-state index < -0.39 is 41.4 Å². The Hall–Kier alpha value is -3.52. The third-order valence-electron chi connectivity index (χ3n) is 6.31.